The van der Waals surface area contributed by atoms with E-state index in [0.717, 1.165) is 5.56 Å². The Morgan fingerprint density at radius 3 is 2.93 bits per heavy atom. The Labute approximate surface area is 83.1 Å². The molecule has 1 amide bonds. The average molecular weight is 194 g/mol. The summed E-state index contributed by atoms with van der Waals surface area (Å²) in [5, 5.41) is 2.52. The molecule has 1 rings (SSSR count). The van der Waals surface area contributed by atoms with E-state index in [1.165, 1.54) is 0 Å². The Kier molecular flexibility index (Phi) is 3.34. The van der Waals surface area contributed by atoms with Gasteiger partial charge in [-0.1, -0.05) is 6.07 Å². The molecule has 4 nitrogen and oxygen atoms in total. The van der Waals surface area contributed by atoms with Crippen LogP contribution in [-0.4, -0.2) is 12.6 Å². The first-order valence-electron chi connectivity index (χ1n) is 4.45. The lowest BCUT2D eigenvalue weighted by Gasteiger charge is -2.07. The van der Waals surface area contributed by atoms with Gasteiger partial charge in [-0.05, 0) is 31.5 Å². The number of nitrogen functional groups attached to an aromatic ring is 1. The van der Waals surface area contributed by atoms with E-state index in [1.54, 1.807) is 12.1 Å². The molecule has 0 fully saturated rings. The van der Waals surface area contributed by atoms with E-state index in [1.807, 2.05) is 19.9 Å². The second-order valence-electron chi connectivity index (χ2n) is 2.96. The Morgan fingerprint density at radius 1 is 1.57 bits per heavy atom. The second kappa shape index (κ2) is 4.50. The number of nitrogens with two attached hydrogens (primary N) is 1. The van der Waals surface area contributed by atoms with Crippen LogP contribution in [0.4, 0.5) is 10.5 Å². The highest BCUT2D eigenvalue weighted by Crippen LogP contribution is 2.22. The van der Waals surface area contributed by atoms with Crippen molar-refractivity contribution in [3.8, 4) is 5.75 Å². The van der Waals surface area contributed by atoms with E-state index >= 15 is 0 Å². The number of ether oxygens (including phenoxy) is 1. The Hall–Kier alpha value is -1.71. The van der Waals surface area contributed by atoms with Crippen molar-refractivity contribution in [1.29, 1.82) is 0 Å². The Morgan fingerprint density at radius 2 is 2.29 bits per heavy atom. The van der Waals surface area contributed by atoms with Gasteiger partial charge in [-0.25, -0.2) is 4.79 Å². The van der Waals surface area contributed by atoms with Crippen molar-refractivity contribution in [3.05, 3.63) is 23.8 Å². The molecule has 0 unspecified atom stereocenters. The van der Waals surface area contributed by atoms with Crippen LogP contribution in [0.25, 0.3) is 0 Å². The maximum absolute atomic E-state index is 11.1. The first kappa shape index (κ1) is 10.4. The van der Waals surface area contributed by atoms with Gasteiger partial charge in [0, 0.05) is 6.54 Å². The van der Waals surface area contributed by atoms with Crippen LogP contribution < -0.4 is 15.8 Å². The summed E-state index contributed by atoms with van der Waals surface area (Å²) < 4.78 is 4.99. The quantitative estimate of drug-likeness (QED) is 0.704. The molecular weight excluding hydrogens is 180 g/mol. The van der Waals surface area contributed by atoms with Crippen LogP contribution in [0.2, 0.25) is 0 Å². The zero-order chi connectivity index (χ0) is 10.6. The zero-order valence-corrected chi connectivity index (χ0v) is 8.33. The number of nitrogens with one attached hydrogen (secondary N) is 1. The SMILES string of the molecule is CCNC(=O)Oc1cc(C)ccc1N. The highest BCUT2D eigenvalue weighted by molar-refractivity contribution is 5.72. The van der Waals surface area contributed by atoms with Crippen molar-refractivity contribution in [3.63, 3.8) is 0 Å². The van der Waals surface area contributed by atoms with Crippen LogP contribution in [0.5, 0.6) is 5.75 Å². The molecule has 14 heavy (non-hydrogen) atoms. The maximum atomic E-state index is 11.1. The minimum atomic E-state index is -0.482. The normalized spacial score (nSPS) is 9.57. The molecule has 3 N–H and O–H groups in total. The molecule has 4 heteroatoms. The summed E-state index contributed by atoms with van der Waals surface area (Å²) in [5.41, 5.74) is 7.09. The number of carbonyl (C=O) groups excluding carboxylic acids is 1. The average Bonchev–Trinajstić information content (AvgIpc) is 2.12. The third-order valence-corrected chi connectivity index (χ3v) is 1.69. The van der Waals surface area contributed by atoms with Gasteiger partial charge in [-0.2, -0.15) is 0 Å². The number of rotatable bonds is 2. The van der Waals surface area contributed by atoms with Gasteiger partial charge in [-0.3, -0.25) is 0 Å². The number of amides is 1. The number of hydrogen-bond donors (Lipinski definition) is 2. The van der Waals surface area contributed by atoms with E-state index < -0.39 is 6.09 Å². The first-order chi connectivity index (χ1) is 6.63. The topological polar surface area (TPSA) is 64.3 Å². The van der Waals surface area contributed by atoms with Crippen molar-refractivity contribution < 1.29 is 9.53 Å². The number of benzene rings is 1. The van der Waals surface area contributed by atoms with Crippen LogP contribution in [0.1, 0.15) is 12.5 Å². The fraction of sp³-hybridized carbons (Fsp3) is 0.300. The van der Waals surface area contributed by atoms with Gasteiger partial charge in [0.25, 0.3) is 0 Å². The van der Waals surface area contributed by atoms with Gasteiger partial charge >= 0.3 is 6.09 Å². The van der Waals surface area contributed by atoms with Gasteiger partial charge in [0.15, 0.2) is 5.75 Å². The smallest absolute Gasteiger partial charge is 0.408 e. The number of hydrogen-bond acceptors (Lipinski definition) is 3. The molecule has 0 bridgehead atoms. The van der Waals surface area contributed by atoms with Crippen molar-refractivity contribution in [2.75, 3.05) is 12.3 Å². The first-order valence-corrected chi connectivity index (χ1v) is 4.45. The standard InChI is InChI=1S/C10H14N2O2/c1-3-12-10(13)14-9-6-7(2)4-5-8(9)11/h4-6H,3,11H2,1-2H3,(H,12,13). The van der Waals surface area contributed by atoms with Gasteiger partial charge in [0.05, 0.1) is 5.69 Å². The molecule has 0 radical (unpaired) electrons. The summed E-state index contributed by atoms with van der Waals surface area (Å²) in [4.78, 5) is 11.1. The van der Waals surface area contributed by atoms with Crippen molar-refractivity contribution in [1.82, 2.24) is 5.32 Å². The molecule has 0 saturated heterocycles. The lowest BCUT2D eigenvalue weighted by Crippen LogP contribution is -2.26. The Bertz CT molecular complexity index is 337. The molecule has 0 heterocycles. The molecule has 0 aliphatic rings. The lowest BCUT2D eigenvalue weighted by atomic mass is 10.2. The summed E-state index contributed by atoms with van der Waals surface area (Å²) in [6.07, 6.45) is -0.482. The number of aryl methyl sites for hydroxylation is 1. The summed E-state index contributed by atoms with van der Waals surface area (Å²) in [6.45, 7) is 4.26. The minimum Gasteiger partial charge on any atom is -0.408 e. The fourth-order valence-corrected chi connectivity index (χ4v) is 1.01. The molecule has 0 aliphatic carbocycles. The Balaban J connectivity index is 2.75. The molecule has 1 aromatic rings. The summed E-state index contributed by atoms with van der Waals surface area (Å²) in [5.74, 6) is 0.399. The monoisotopic (exact) mass is 194 g/mol. The van der Waals surface area contributed by atoms with E-state index in [2.05, 4.69) is 5.32 Å². The minimum absolute atomic E-state index is 0.399. The largest absolute Gasteiger partial charge is 0.412 e. The fourth-order valence-electron chi connectivity index (χ4n) is 1.01. The van der Waals surface area contributed by atoms with Crippen molar-refractivity contribution in [2.45, 2.75) is 13.8 Å². The molecular formula is C10H14N2O2. The summed E-state index contributed by atoms with van der Waals surface area (Å²) in [6, 6.07) is 5.30. The van der Waals surface area contributed by atoms with Crippen molar-refractivity contribution in [2.24, 2.45) is 0 Å². The highest BCUT2D eigenvalue weighted by atomic mass is 16.6. The van der Waals surface area contributed by atoms with Crippen LogP contribution in [0.15, 0.2) is 18.2 Å². The van der Waals surface area contributed by atoms with Gasteiger partial charge in [0.2, 0.25) is 0 Å². The number of anilines is 1. The van der Waals surface area contributed by atoms with E-state index in [-0.39, 0.29) is 0 Å². The zero-order valence-electron chi connectivity index (χ0n) is 8.33. The van der Waals surface area contributed by atoms with Crippen LogP contribution >= 0.6 is 0 Å². The van der Waals surface area contributed by atoms with E-state index in [9.17, 15) is 4.79 Å². The van der Waals surface area contributed by atoms with Crippen molar-refractivity contribution >= 4 is 11.8 Å². The third-order valence-electron chi connectivity index (χ3n) is 1.69. The van der Waals surface area contributed by atoms with E-state index in [4.69, 9.17) is 10.5 Å². The van der Waals surface area contributed by atoms with Crippen LogP contribution in [0, 0.1) is 6.92 Å². The van der Waals surface area contributed by atoms with Crippen LogP contribution in [0.3, 0.4) is 0 Å². The molecule has 0 saturated carbocycles. The third kappa shape index (κ3) is 2.65. The highest BCUT2D eigenvalue weighted by Gasteiger charge is 2.05. The molecule has 0 aliphatic heterocycles. The molecule has 1 aromatic carbocycles. The maximum Gasteiger partial charge on any atom is 0.412 e. The lowest BCUT2D eigenvalue weighted by molar-refractivity contribution is 0.201. The second-order valence-corrected chi connectivity index (χ2v) is 2.96. The predicted molar refractivity (Wildman–Crippen MR) is 55.3 cm³/mol. The molecule has 0 aromatic heterocycles. The predicted octanol–water partition coefficient (Wildman–Crippen LogP) is 1.69. The summed E-state index contributed by atoms with van der Waals surface area (Å²) in [7, 11) is 0. The molecule has 76 valence electrons. The molecule has 0 spiro atoms. The summed E-state index contributed by atoms with van der Waals surface area (Å²) >= 11 is 0. The number of carbonyl (C=O) groups is 1. The van der Waals surface area contributed by atoms with Gasteiger partial charge in [0.1, 0.15) is 0 Å². The van der Waals surface area contributed by atoms with Gasteiger partial charge < -0.3 is 15.8 Å². The van der Waals surface area contributed by atoms with E-state index in [0.29, 0.717) is 18.0 Å². The van der Waals surface area contributed by atoms with Gasteiger partial charge in [-0.15, -0.1) is 0 Å². The van der Waals surface area contributed by atoms with Crippen LogP contribution in [-0.2, 0) is 0 Å². The molecule has 0 atom stereocenters.